The van der Waals surface area contributed by atoms with Crippen molar-refractivity contribution < 1.29 is 14.6 Å². The standard InChI is InChI=1S/C8H13NO3/c10-3-2-9-8(11)6-5-1-4-12-7(5)6/h5-7,10H,1-4H2,(H,9,11). The zero-order valence-corrected chi connectivity index (χ0v) is 6.82. The Morgan fingerprint density at radius 1 is 1.67 bits per heavy atom. The van der Waals surface area contributed by atoms with E-state index >= 15 is 0 Å². The van der Waals surface area contributed by atoms with Crippen molar-refractivity contribution in [1.82, 2.24) is 5.32 Å². The van der Waals surface area contributed by atoms with Crippen molar-refractivity contribution in [2.75, 3.05) is 19.8 Å². The summed E-state index contributed by atoms with van der Waals surface area (Å²) in [6.45, 7) is 1.17. The van der Waals surface area contributed by atoms with Gasteiger partial charge in [-0.15, -0.1) is 0 Å². The maximum atomic E-state index is 11.3. The first-order valence-corrected chi connectivity index (χ1v) is 4.35. The average Bonchev–Trinajstić information content (AvgIpc) is 2.56. The molecule has 0 spiro atoms. The molecule has 2 aliphatic rings. The molecule has 0 aromatic heterocycles. The van der Waals surface area contributed by atoms with Gasteiger partial charge in [0.25, 0.3) is 0 Å². The topological polar surface area (TPSA) is 58.6 Å². The summed E-state index contributed by atoms with van der Waals surface area (Å²) in [5.74, 6) is 0.577. The van der Waals surface area contributed by atoms with Gasteiger partial charge in [-0.1, -0.05) is 0 Å². The molecule has 1 saturated carbocycles. The summed E-state index contributed by atoms with van der Waals surface area (Å²) >= 11 is 0. The molecular formula is C8H13NO3. The van der Waals surface area contributed by atoms with Crippen molar-refractivity contribution in [3.63, 3.8) is 0 Å². The van der Waals surface area contributed by atoms with Crippen molar-refractivity contribution in [1.29, 1.82) is 0 Å². The number of ether oxygens (including phenoxy) is 1. The molecule has 2 N–H and O–H groups in total. The smallest absolute Gasteiger partial charge is 0.226 e. The summed E-state index contributed by atoms with van der Waals surface area (Å²) in [7, 11) is 0. The van der Waals surface area contributed by atoms with Gasteiger partial charge in [0, 0.05) is 19.1 Å². The van der Waals surface area contributed by atoms with Gasteiger partial charge in [-0.05, 0) is 6.42 Å². The number of hydrogen-bond acceptors (Lipinski definition) is 3. The van der Waals surface area contributed by atoms with E-state index in [9.17, 15) is 4.79 Å². The second-order valence-corrected chi connectivity index (χ2v) is 3.33. The van der Waals surface area contributed by atoms with E-state index in [0.717, 1.165) is 13.0 Å². The third-order valence-corrected chi connectivity index (χ3v) is 2.57. The van der Waals surface area contributed by atoms with Crippen LogP contribution < -0.4 is 5.32 Å². The molecule has 0 aromatic carbocycles. The minimum Gasteiger partial charge on any atom is -0.395 e. The normalized spacial score (nSPS) is 37.6. The molecule has 1 saturated heterocycles. The Bertz CT molecular complexity index is 185. The van der Waals surface area contributed by atoms with E-state index < -0.39 is 0 Å². The molecule has 0 aromatic rings. The monoisotopic (exact) mass is 171 g/mol. The molecular weight excluding hydrogens is 158 g/mol. The number of aliphatic hydroxyl groups is 1. The van der Waals surface area contributed by atoms with Crippen LogP contribution >= 0.6 is 0 Å². The summed E-state index contributed by atoms with van der Waals surface area (Å²) in [6.07, 6.45) is 1.20. The average molecular weight is 171 g/mol. The Kier molecular flexibility index (Phi) is 2.02. The van der Waals surface area contributed by atoms with Crippen molar-refractivity contribution in [2.24, 2.45) is 11.8 Å². The van der Waals surface area contributed by atoms with Gasteiger partial charge in [-0.3, -0.25) is 4.79 Å². The van der Waals surface area contributed by atoms with Gasteiger partial charge in [0.15, 0.2) is 0 Å². The van der Waals surface area contributed by atoms with Crippen LogP contribution in [0, 0.1) is 11.8 Å². The summed E-state index contributed by atoms with van der Waals surface area (Å²) in [5, 5.41) is 11.1. The van der Waals surface area contributed by atoms with E-state index in [0.29, 0.717) is 12.5 Å². The number of rotatable bonds is 3. The highest BCUT2D eigenvalue weighted by Gasteiger charge is 2.58. The predicted molar refractivity (Wildman–Crippen MR) is 41.4 cm³/mol. The number of amides is 1. The Morgan fingerprint density at radius 3 is 3.08 bits per heavy atom. The largest absolute Gasteiger partial charge is 0.395 e. The summed E-state index contributed by atoms with van der Waals surface area (Å²) in [5.41, 5.74) is 0. The minimum absolute atomic E-state index is 0.00858. The highest BCUT2D eigenvalue weighted by molar-refractivity contribution is 5.82. The van der Waals surface area contributed by atoms with Gasteiger partial charge in [0.05, 0.1) is 18.6 Å². The van der Waals surface area contributed by atoms with Crippen LogP contribution in [-0.2, 0) is 9.53 Å². The van der Waals surface area contributed by atoms with Crippen molar-refractivity contribution in [3.05, 3.63) is 0 Å². The Morgan fingerprint density at radius 2 is 2.50 bits per heavy atom. The lowest BCUT2D eigenvalue weighted by atomic mass is 10.2. The van der Waals surface area contributed by atoms with E-state index in [1.807, 2.05) is 0 Å². The van der Waals surface area contributed by atoms with Gasteiger partial charge >= 0.3 is 0 Å². The zero-order chi connectivity index (χ0) is 8.55. The number of aliphatic hydroxyl groups excluding tert-OH is 1. The van der Waals surface area contributed by atoms with Crippen LogP contribution in [0.15, 0.2) is 0 Å². The molecule has 4 heteroatoms. The number of fused-ring (bicyclic) bond motifs is 1. The second kappa shape index (κ2) is 3.03. The lowest BCUT2D eigenvalue weighted by Gasteiger charge is -2.04. The molecule has 68 valence electrons. The zero-order valence-electron chi connectivity index (χ0n) is 6.82. The molecule has 0 radical (unpaired) electrons. The summed E-state index contributed by atoms with van der Waals surface area (Å²) in [4.78, 5) is 11.3. The fraction of sp³-hybridized carbons (Fsp3) is 0.875. The number of nitrogens with one attached hydrogen (secondary N) is 1. The van der Waals surface area contributed by atoms with Gasteiger partial charge in [0.2, 0.25) is 5.91 Å². The van der Waals surface area contributed by atoms with E-state index in [-0.39, 0.29) is 24.5 Å². The maximum absolute atomic E-state index is 11.3. The van der Waals surface area contributed by atoms with Gasteiger partial charge < -0.3 is 15.2 Å². The number of carbonyl (C=O) groups is 1. The first-order valence-electron chi connectivity index (χ1n) is 4.35. The minimum atomic E-state index is 0.00858. The molecule has 2 fully saturated rings. The number of carbonyl (C=O) groups excluding carboxylic acids is 1. The lowest BCUT2D eigenvalue weighted by molar-refractivity contribution is -0.124. The molecule has 3 atom stereocenters. The SMILES string of the molecule is O=C(NCCO)C1C2CCOC21. The molecule has 0 bridgehead atoms. The molecule has 1 aliphatic heterocycles. The van der Waals surface area contributed by atoms with Crippen LogP contribution in [0.1, 0.15) is 6.42 Å². The fourth-order valence-corrected chi connectivity index (χ4v) is 1.89. The van der Waals surface area contributed by atoms with E-state index in [1.54, 1.807) is 0 Å². The molecule has 4 nitrogen and oxygen atoms in total. The van der Waals surface area contributed by atoms with E-state index in [2.05, 4.69) is 5.32 Å². The highest BCUT2D eigenvalue weighted by Crippen LogP contribution is 2.48. The van der Waals surface area contributed by atoms with Crippen LogP contribution in [0.4, 0.5) is 0 Å². The molecule has 1 amide bonds. The maximum Gasteiger partial charge on any atom is 0.226 e. The summed E-state index contributed by atoms with van der Waals surface area (Å²) < 4.78 is 5.32. The molecule has 3 unspecified atom stereocenters. The van der Waals surface area contributed by atoms with E-state index in [1.165, 1.54) is 0 Å². The first-order chi connectivity index (χ1) is 5.84. The molecule has 12 heavy (non-hydrogen) atoms. The lowest BCUT2D eigenvalue weighted by Crippen LogP contribution is -2.29. The fourth-order valence-electron chi connectivity index (χ4n) is 1.89. The van der Waals surface area contributed by atoms with Crippen LogP contribution in [0.25, 0.3) is 0 Å². The molecule has 2 rings (SSSR count). The Balaban J connectivity index is 1.76. The van der Waals surface area contributed by atoms with Crippen molar-refractivity contribution in [3.8, 4) is 0 Å². The Labute approximate surface area is 70.9 Å². The van der Waals surface area contributed by atoms with E-state index in [4.69, 9.17) is 9.84 Å². The third kappa shape index (κ3) is 1.21. The van der Waals surface area contributed by atoms with Crippen LogP contribution in [-0.4, -0.2) is 36.9 Å². The highest BCUT2D eigenvalue weighted by atomic mass is 16.5. The third-order valence-electron chi connectivity index (χ3n) is 2.57. The van der Waals surface area contributed by atoms with Crippen molar-refractivity contribution >= 4 is 5.91 Å². The van der Waals surface area contributed by atoms with Gasteiger partial charge in [-0.2, -0.15) is 0 Å². The molecule has 1 heterocycles. The number of hydrogen-bond donors (Lipinski definition) is 2. The first kappa shape index (κ1) is 8.01. The Hall–Kier alpha value is -0.610. The van der Waals surface area contributed by atoms with Gasteiger partial charge in [0.1, 0.15) is 0 Å². The van der Waals surface area contributed by atoms with Crippen LogP contribution in [0.2, 0.25) is 0 Å². The van der Waals surface area contributed by atoms with Gasteiger partial charge in [-0.25, -0.2) is 0 Å². The van der Waals surface area contributed by atoms with Crippen LogP contribution in [0.5, 0.6) is 0 Å². The quantitative estimate of drug-likeness (QED) is 0.580. The van der Waals surface area contributed by atoms with Crippen molar-refractivity contribution in [2.45, 2.75) is 12.5 Å². The van der Waals surface area contributed by atoms with Crippen LogP contribution in [0.3, 0.4) is 0 Å². The predicted octanol–water partition coefficient (Wildman–Crippen LogP) is -0.870. The molecule has 1 aliphatic carbocycles. The second-order valence-electron chi connectivity index (χ2n) is 3.33. The summed E-state index contributed by atoms with van der Waals surface area (Å²) in [6, 6.07) is 0.